The Morgan fingerprint density at radius 2 is 1.84 bits per heavy atom. The van der Waals surface area contributed by atoms with Crippen molar-refractivity contribution in [3.63, 3.8) is 0 Å². The van der Waals surface area contributed by atoms with E-state index in [1.54, 1.807) is 24.3 Å². The second-order valence-electron chi connectivity index (χ2n) is 3.89. The van der Waals surface area contributed by atoms with Gasteiger partial charge in [0.05, 0.1) is 0 Å². The highest BCUT2D eigenvalue weighted by atomic mass is 19.3. The van der Waals surface area contributed by atoms with Crippen LogP contribution in [0, 0.1) is 5.82 Å². The molecule has 0 heterocycles. The average Bonchev–Trinajstić information content (AvgIpc) is 2.36. The van der Waals surface area contributed by atoms with Gasteiger partial charge < -0.3 is 10.1 Å². The Bertz CT molecular complexity index is 546. The summed E-state index contributed by atoms with van der Waals surface area (Å²) < 4.78 is 41.4. The minimum absolute atomic E-state index is 0.0826. The van der Waals surface area contributed by atoms with E-state index < -0.39 is 6.61 Å². The molecule has 1 N–H and O–H groups in total. The number of ether oxygens (including phenoxy) is 1. The van der Waals surface area contributed by atoms with Crippen LogP contribution < -0.4 is 10.1 Å². The maximum absolute atomic E-state index is 13.0. The predicted octanol–water partition coefficient (Wildman–Crippen LogP) is 4.04. The van der Waals surface area contributed by atoms with Gasteiger partial charge in [0.1, 0.15) is 11.6 Å². The minimum Gasteiger partial charge on any atom is -0.435 e. The Morgan fingerprint density at radius 3 is 2.58 bits per heavy atom. The van der Waals surface area contributed by atoms with Crippen molar-refractivity contribution in [3.8, 4) is 5.75 Å². The van der Waals surface area contributed by atoms with Crippen LogP contribution in [0.2, 0.25) is 0 Å². The lowest BCUT2D eigenvalue weighted by molar-refractivity contribution is -0.0498. The third-order valence-corrected chi connectivity index (χ3v) is 2.44. The van der Waals surface area contributed by atoms with Crippen molar-refractivity contribution in [2.24, 2.45) is 0 Å². The second-order valence-corrected chi connectivity index (χ2v) is 3.89. The van der Waals surface area contributed by atoms with Crippen LogP contribution >= 0.6 is 0 Å². The molecule has 2 aromatic rings. The molecular weight excluding hydrogens is 255 g/mol. The lowest BCUT2D eigenvalue weighted by atomic mass is 10.2. The maximum Gasteiger partial charge on any atom is 0.387 e. The topological polar surface area (TPSA) is 21.3 Å². The summed E-state index contributed by atoms with van der Waals surface area (Å²) in [6, 6.07) is 12.4. The van der Waals surface area contributed by atoms with E-state index in [1.165, 1.54) is 24.3 Å². The molecule has 0 bridgehead atoms. The number of rotatable bonds is 5. The standard InChI is InChI=1S/C14H12F3NO/c15-11-4-1-3-10(7-11)9-18-12-5-2-6-13(8-12)19-14(16)17/h1-8,14,18H,9H2. The predicted molar refractivity (Wildman–Crippen MR) is 66.8 cm³/mol. The van der Waals surface area contributed by atoms with Gasteiger partial charge in [-0.05, 0) is 29.8 Å². The Balaban J connectivity index is 1.99. The van der Waals surface area contributed by atoms with E-state index in [0.717, 1.165) is 5.56 Å². The van der Waals surface area contributed by atoms with Crippen molar-refractivity contribution in [2.45, 2.75) is 13.2 Å². The molecule has 0 radical (unpaired) electrons. The van der Waals surface area contributed by atoms with Crippen LogP contribution in [0.15, 0.2) is 48.5 Å². The molecule has 0 aliphatic carbocycles. The Hall–Kier alpha value is -2.17. The summed E-state index contributed by atoms with van der Waals surface area (Å²) in [5.74, 6) is -0.228. The molecule has 0 fully saturated rings. The van der Waals surface area contributed by atoms with Crippen LogP contribution in [0.25, 0.3) is 0 Å². The lowest BCUT2D eigenvalue weighted by Crippen LogP contribution is -2.03. The van der Waals surface area contributed by atoms with Gasteiger partial charge in [-0.3, -0.25) is 0 Å². The Labute approximate surface area is 108 Å². The number of anilines is 1. The number of hydrogen-bond acceptors (Lipinski definition) is 2. The Kier molecular flexibility index (Phi) is 4.28. The molecule has 2 aromatic carbocycles. The van der Waals surface area contributed by atoms with Gasteiger partial charge in [0.2, 0.25) is 0 Å². The van der Waals surface area contributed by atoms with Crippen LogP contribution in [-0.4, -0.2) is 6.61 Å². The van der Waals surface area contributed by atoms with Gasteiger partial charge in [0.15, 0.2) is 0 Å². The molecule has 0 amide bonds. The molecule has 2 rings (SSSR count). The first-order chi connectivity index (χ1) is 9.13. The summed E-state index contributed by atoms with van der Waals surface area (Å²) in [6.45, 7) is -2.45. The third-order valence-electron chi connectivity index (χ3n) is 2.44. The largest absolute Gasteiger partial charge is 0.435 e. The van der Waals surface area contributed by atoms with E-state index in [9.17, 15) is 13.2 Å². The van der Waals surface area contributed by atoms with Crippen LogP contribution in [0.4, 0.5) is 18.9 Å². The SMILES string of the molecule is Fc1cccc(CNc2cccc(OC(F)F)c2)c1. The van der Waals surface area contributed by atoms with Crippen LogP contribution in [-0.2, 0) is 6.54 Å². The van der Waals surface area contributed by atoms with Crippen molar-refractivity contribution >= 4 is 5.69 Å². The normalized spacial score (nSPS) is 10.5. The molecule has 0 spiro atoms. The lowest BCUT2D eigenvalue weighted by Gasteiger charge is -2.09. The number of halogens is 3. The summed E-state index contributed by atoms with van der Waals surface area (Å²) in [4.78, 5) is 0. The number of benzene rings is 2. The molecule has 2 nitrogen and oxygen atoms in total. The van der Waals surface area contributed by atoms with E-state index in [1.807, 2.05) is 0 Å². The van der Waals surface area contributed by atoms with Crippen LogP contribution in [0.3, 0.4) is 0 Å². The van der Waals surface area contributed by atoms with E-state index in [-0.39, 0.29) is 11.6 Å². The van der Waals surface area contributed by atoms with Crippen molar-refractivity contribution in [1.29, 1.82) is 0 Å². The summed E-state index contributed by atoms with van der Waals surface area (Å²) in [5, 5.41) is 3.01. The monoisotopic (exact) mass is 267 g/mol. The van der Waals surface area contributed by atoms with Crippen molar-refractivity contribution < 1.29 is 17.9 Å². The summed E-state index contributed by atoms with van der Waals surface area (Å²) in [6.07, 6.45) is 0. The third kappa shape index (κ3) is 4.21. The fourth-order valence-electron chi connectivity index (χ4n) is 1.63. The Morgan fingerprint density at radius 1 is 1.05 bits per heavy atom. The van der Waals surface area contributed by atoms with Gasteiger partial charge in [-0.2, -0.15) is 8.78 Å². The maximum atomic E-state index is 13.0. The molecule has 0 saturated carbocycles. The van der Waals surface area contributed by atoms with Crippen molar-refractivity contribution in [1.82, 2.24) is 0 Å². The number of hydrogen-bond donors (Lipinski definition) is 1. The smallest absolute Gasteiger partial charge is 0.387 e. The van der Waals surface area contributed by atoms with E-state index in [4.69, 9.17) is 0 Å². The zero-order valence-electron chi connectivity index (χ0n) is 9.95. The van der Waals surface area contributed by atoms with Crippen molar-refractivity contribution in [2.75, 3.05) is 5.32 Å². The van der Waals surface area contributed by atoms with Crippen LogP contribution in [0.5, 0.6) is 5.75 Å². The minimum atomic E-state index is -2.85. The molecular formula is C14H12F3NO. The zero-order valence-corrected chi connectivity index (χ0v) is 9.95. The van der Waals surface area contributed by atoms with Gasteiger partial charge in [-0.1, -0.05) is 18.2 Å². The van der Waals surface area contributed by atoms with Gasteiger partial charge in [-0.15, -0.1) is 0 Å². The molecule has 0 saturated heterocycles. The van der Waals surface area contributed by atoms with Crippen molar-refractivity contribution in [3.05, 3.63) is 59.9 Å². The molecule has 100 valence electrons. The van der Waals surface area contributed by atoms with Gasteiger partial charge >= 0.3 is 6.61 Å². The average molecular weight is 267 g/mol. The molecule has 0 aromatic heterocycles. The fraction of sp³-hybridized carbons (Fsp3) is 0.143. The molecule has 19 heavy (non-hydrogen) atoms. The summed E-state index contributed by atoms with van der Waals surface area (Å²) >= 11 is 0. The quantitative estimate of drug-likeness (QED) is 0.882. The molecule has 0 aliphatic rings. The highest BCUT2D eigenvalue weighted by molar-refractivity contribution is 5.48. The molecule has 0 atom stereocenters. The highest BCUT2D eigenvalue weighted by Gasteiger charge is 2.04. The number of alkyl halides is 2. The zero-order chi connectivity index (χ0) is 13.7. The fourth-order valence-corrected chi connectivity index (χ4v) is 1.63. The van der Waals surface area contributed by atoms with E-state index >= 15 is 0 Å². The second kappa shape index (κ2) is 6.13. The number of nitrogens with one attached hydrogen (secondary N) is 1. The van der Waals surface area contributed by atoms with E-state index in [0.29, 0.717) is 12.2 Å². The van der Waals surface area contributed by atoms with Gasteiger partial charge in [-0.25, -0.2) is 4.39 Å². The first-order valence-corrected chi connectivity index (χ1v) is 5.67. The van der Waals surface area contributed by atoms with Gasteiger partial charge in [0, 0.05) is 18.3 Å². The van der Waals surface area contributed by atoms with Crippen LogP contribution in [0.1, 0.15) is 5.56 Å². The van der Waals surface area contributed by atoms with Gasteiger partial charge in [0.25, 0.3) is 0 Å². The molecule has 5 heteroatoms. The highest BCUT2D eigenvalue weighted by Crippen LogP contribution is 2.19. The molecule has 0 unspecified atom stereocenters. The van der Waals surface area contributed by atoms with E-state index in [2.05, 4.69) is 10.1 Å². The molecule has 0 aliphatic heterocycles. The first kappa shape index (κ1) is 13.3. The summed E-state index contributed by atoms with van der Waals surface area (Å²) in [5.41, 5.74) is 1.39. The first-order valence-electron chi connectivity index (χ1n) is 5.67. The summed E-state index contributed by atoms with van der Waals surface area (Å²) in [7, 11) is 0.